The Morgan fingerprint density at radius 2 is 1.83 bits per heavy atom. The van der Waals surface area contributed by atoms with Gasteiger partial charge in [0.05, 0.1) is 30.6 Å². The van der Waals surface area contributed by atoms with E-state index in [1.807, 2.05) is 12.1 Å². The van der Waals surface area contributed by atoms with E-state index in [4.69, 9.17) is 4.42 Å². The van der Waals surface area contributed by atoms with Gasteiger partial charge in [0.2, 0.25) is 5.91 Å². The smallest absolute Gasteiger partial charge is 0.253 e. The number of nitrogens with zero attached hydrogens (tertiary/aromatic N) is 1. The molecule has 0 fully saturated rings. The maximum Gasteiger partial charge on any atom is 0.253 e. The lowest BCUT2D eigenvalue weighted by molar-refractivity contribution is -0.115. The second-order valence-electron chi connectivity index (χ2n) is 7.01. The number of furan rings is 1. The summed E-state index contributed by atoms with van der Waals surface area (Å²) in [5, 5.41) is 5.71. The standard InChI is InChI=1S/C23H23N3O3/c27-22(16-26-13-5-8-17-7-1-4-12-21(17)26)25-20-11-3-2-10-19(20)23(28)24-15-18-9-6-14-29-18/h1-4,6-7,9-12,14H,5,8,13,15-16H2,(H,24,28)(H,25,27). The fourth-order valence-electron chi connectivity index (χ4n) is 3.60. The minimum absolute atomic E-state index is 0.145. The van der Waals surface area contributed by atoms with Crippen LogP contribution in [-0.2, 0) is 17.8 Å². The number of benzene rings is 2. The maximum absolute atomic E-state index is 12.7. The Morgan fingerprint density at radius 3 is 2.69 bits per heavy atom. The van der Waals surface area contributed by atoms with Gasteiger partial charge in [0, 0.05) is 12.2 Å². The normalized spacial score (nSPS) is 12.9. The fourth-order valence-corrected chi connectivity index (χ4v) is 3.60. The zero-order valence-electron chi connectivity index (χ0n) is 16.1. The number of anilines is 2. The van der Waals surface area contributed by atoms with E-state index in [1.54, 1.807) is 42.7 Å². The summed E-state index contributed by atoms with van der Waals surface area (Å²) in [5.41, 5.74) is 3.30. The van der Waals surface area contributed by atoms with Gasteiger partial charge in [0.15, 0.2) is 0 Å². The molecule has 148 valence electrons. The molecule has 0 radical (unpaired) electrons. The first-order chi connectivity index (χ1) is 14.2. The van der Waals surface area contributed by atoms with E-state index in [0.29, 0.717) is 23.6 Å². The largest absolute Gasteiger partial charge is 0.467 e. The number of aryl methyl sites for hydroxylation is 1. The van der Waals surface area contributed by atoms with Crippen molar-refractivity contribution in [2.75, 3.05) is 23.3 Å². The van der Waals surface area contributed by atoms with E-state index in [2.05, 4.69) is 27.7 Å². The zero-order valence-corrected chi connectivity index (χ0v) is 16.1. The molecular formula is C23H23N3O3. The van der Waals surface area contributed by atoms with Crippen molar-refractivity contribution in [1.82, 2.24) is 5.32 Å². The number of carbonyl (C=O) groups is 2. The van der Waals surface area contributed by atoms with E-state index in [-0.39, 0.29) is 18.4 Å². The molecule has 2 aromatic carbocycles. The van der Waals surface area contributed by atoms with Gasteiger partial charge in [-0.15, -0.1) is 0 Å². The zero-order chi connectivity index (χ0) is 20.1. The highest BCUT2D eigenvalue weighted by Gasteiger charge is 2.20. The van der Waals surface area contributed by atoms with Crippen LogP contribution in [0.1, 0.15) is 28.1 Å². The minimum Gasteiger partial charge on any atom is -0.467 e. The topological polar surface area (TPSA) is 74.6 Å². The van der Waals surface area contributed by atoms with E-state index in [0.717, 1.165) is 25.1 Å². The van der Waals surface area contributed by atoms with Gasteiger partial charge >= 0.3 is 0 Å². The molecule has 2 N–H and O–H groups in total. The fraction of sp³-hybridized carbons (Fsp3) is 0.217. The Balaban J connectivity index is 1.42. The Hall–Kier alpha value is -3.54. The molecule has 0 saturated heterocycles. The first-order valence-corrected chi connectivity index (χ1v) is 9.73. The molecule has 4 rings (SSSR count). The van der Waals surface area contributed by atoms with Crippen molar-refractivity contribution in [3.8, 4) is 0 Å². The van der Waals surface area contributed by atoms with E-state index < -0.39 is 0 Å². The molecule has 2 amide bonds. The van der Waals surface area contributed by atoms with Crippen LogP contribution in [0.5, 0.6) is 0 Å². The maximum atomic E-state index is 12.7. The number of fused-ring (bicyclic) bond motifs is 1. The SMILES string of the molecule is O=C(CN1CCCc2ccccc21)Nc1ccccc1C(=O)NCc1ccco1. The number of rotatable bonds is 6. The molecule has 6 heteroatoms. The summed E-state index contributed by atoms with van der Waals surface area (Å²) < 4.78 is 5.24. The highest BCUT2D eigenvalue weighted by Crippen LogP contribution is 2.26. The van der Waals surface area contributed by atoms with Crippen LogP contribution in [0.2, 0.25) is 0 Å². The molecule has 6 nitrogen and oxygen atoms in total. The highest BCUT2D eigenvalue weighted by atomic mass is 16.3. The van der Waals surface area contributed by atoms with E-state index >= 15 is 0 Å². The molecule has 1 aromatic heterocycles. The lowest BCUT2D eigenvalue weighted by Crippen LogP contribution is -2.37. The third-order valence-corrected chi connectivity index (χ3v) is 4.99. The number of para-hydroxylation sites is 2. The predicted molar refractivity (Wildman–Crippen MR) is 112 cm³/mol. The van der Waals surface area contributed by atoms with Crippen LogP contribution in [-0.4, -0.2) is 24.9 Å². The Labute approximate surface area is 169 Å². The van der Waals surface area contributed by atoms with Crippen molar-refractivity contribution in [3.63, 3.8) is 0 Å². The quantitative estimate of drug-likeness (QED) is 0.676. The Kier molecular flexibility index (Phi) is 5.61. The van der Waals surface area contributed by atoms with Crippen molar-refractivity contribution in [3.05, 3.63) is 83.8 Å². The van der Waals surface area contributed by atoms with E-state index in [1.165, 1.54) is 5.56 Å². The molecule has 29 heavy (non-hydrogen) atoms. The van der Waals surface area contributed by atoms with Crippen molar-refractivity contribution in [1.29, 1.82) is 0 Å². The van der Waals surface area contributed by atoms with Crippen molar-refractivity contribution < 1.29 is 14.0 Å². The van der Waals surface area contributed by atoms with Gasteiger partial charge in [0.1, 0.15) is 5.76 Å². The summed E-state index contributed by atoms with van der Waals surface area (Å²) in [4.78, 5) is 27.4. The van der Waals surface area contributed by atoms with Gasteiger partial charge in [0.25, 0.3) is 5.91 Å². The van der Waals surface area contributed by atoms with E-state index in [9.17, 15) is 9.59 Å². The molecule has 3 aromatic rings. The number of hydrogen-bond acceptors (Lipinski definition) is 4. The van der Waals surface area contributed by atoms with Crippen LogP contribution in [0.25, 0.3) is 0 Å². The molecule has 0 bridgehead atoms. The van der Waals surface area contributed by atoms with Crippen LogP contribution >= 0.6 is 0 Å². The molecule has 1 aliphatic heterocycles. The van der Waals surface area contributed by atoms with Crippen LogP contribution in [0.15, 0.2) is 71.3 Å². The number of nitrogens with one attached hydrogen (secondary N) is 2. The number of hydrogen-bond donors (Lipinski definition) is 2. The van der Waals surface area contributed by atoms with Crippen molar-refractivity contribution in [2.24, 2.45) is 0 Å². The lowest BCUT2D eigenvalue weighted by atomic mass is 10.0. The van der Waals surface area contributed by atoms with Crippen molar-refractivity contribution in [2.45, 2.75) is 19.4 Å². The van der Waals surface area contributed by atoms with Crippen molar-refractivity contribution >= 4 is 23.2 Å². The molecule has 1 aliphatic rings. The Morgan fingerprint density at radius 1 is 1.00 bits per heavy atom. The predicted octanol–water partition coefficient (Wildman–Crippen LogP) is 3.60. The second kappa shape index (κ2) is 8.65. The van der Waals surface area contributed by atoms with Gasteiger partial charge < -0.3 is 20.0 Å². The van der Waals surface area contributed by atoms with Gasteiger partial charge in [-0.3, -0.25) is 9.59 Å². The summed E-state index contributed by atoms with van der Waals surface area (Å²) >= 11 is 0. The molecule has 0 unspecified atom stereocenters. The first kappa shape index (κ1) is 18.8. The third kappa shape index (κ3) is 4.48. The van der Waals surface area contributed by atoms with Crippen LogP contribution in [0.4, 0.5) is 11.4 Å². The molecule has 0 spiro atoms. The van der Waals surface area contributed by atoms with Gasteiger partial charge in [-0.1, -0.05) is 30.3 Å². The highest BCUT2D eigenvalue weighted by molar-refractivity contribution is 6.04. The second-order valence-corrected chi connectivity index (χ2v) is 7.01. The van der Waals surface area contributed by atoms with Gasteiger partial charge in [-0.25, -0.2) is 0 Å². The molecule has 2 heterocycles. The Bertz CT molecular complexity index is 998. The number of amides is 2. The summed E-state index contributed by atoms with van der Waals surface area (Å²) in [6.45, 7) is 1.38. The summed E-state index contributed by atoms with van der Waals surface area (Å²) in [5.74, 6) is 0.261. The third-order valence-electron chi connectivity index (χ3n) is 4.99. The van der Waals surface area contributed by atoms with Gasteiger partial charge in [-0.2, -0.15) is 0 Å². The summed E-state index contributed by atoms with van der Waals surface area (Å²) in [6.07, 6.45) is 3.62. The van der Waals surface area contributed by atoms with Crippen LogP contribution in [0, 0.1) is 0 Å². The molecule has 0 atom stereocenters. The summed E-state index contributed by atoms with van der Waals surface area (Å²) in [6, 6.07) is 18.8. The summed E-state index contributed by atoms with van der Waals surface area (Å²) in [7, 11) is 0. The lowest BCUT2D eigenvalue weighted by Gasteiger charge is -2.30. The van der Waals surface area contributed by atoms with Crippen LogP contribution < -0.4 is 15.5 Å². The average Bonchev–Trinajstić information content (AvgIpc) is 3.26. The average molecular weight is 389 g/mol. The molecule has 0 saturated carbocycles. The first-order valence-electron chi connectivity index (χ1n) is 9.73. The van der Waals surface area contributed by atoms with Gasteiger partial charge in [-0.05, 0) is 48.7 Å². The molecular weight excluding hydrogens is 366 g/mol. The van der Waals surface area contributed by atoms with Crippen LogP contribution in [0.3, 0.4) is 0 Å². The monoisotopic (exact) mass is 389 g/mol. The minimum atomic E-state index is -0.263. The molecule has 0 aliphatic carbocycles. The number of carbonyl (C=O) groups excluding carboxylic acids is 2.